The molecule has 1 aromatic carbocycles. The van der Waals surface area contributed by atoms with E-state index < -0.39 is 6.10 Å². The van der Waals surface area contributed by atoms with Gasteiger partial charge in [0, 0.05) is 18.1 Å². The maximum atomic E-state index is 13.1. The number of aliphatic hydroxyl groups is 1. The molecule has 88 valence electrons. The van der Waals surface area contributed by atoms with E-state index in [1.807, 2.05) is 0 Å². The Labute approximate surface area is 95.1 Å². The summed E-state index contributed by atoms with van der Waals surface area (Å²) in [4.78, 5) is 0. The van der Waals surface area contributed by atoms with E-state index >= 15 is 0 Å². The van der Waals surface area contributed by atoms with E-state index in [0.717, 1.165) is 0 Å². The van der Waals surface area contributed by atoms with E-state index in [1.165, 1.54) is 12.1 Å². The smallest absolute Gasteiger partial charge is 0.128 e. The zero-order chi connectivity index (χ0) is 11.9. The number of fused-ring (bicyclic) bond motifs is 1. The fraction of sp³-hybridized carbons (Fsp3) is 0.538. The molecule has 0 amide bonds. The van der Waals surface area contributed by atoms with Gasteiger partial charge in [-0.3, -0.25) is 0 Å². The molecule has 0 spiro atoms. The number of ether oxygens (including phenoxy) is 1. The number of hydrogen-bond acceptors (Lipinski definition) is 2. The van der Waals surface area contributed by atoms with Crippen LogP contribution < -0.4 is 4.74 Å². The van der Waals surface area contributed by atoms with Crippen LogP contribution in [0.2, 0.25) is 0 Å². The molecule has 0 fully saturated rings. The molecule has 0 aliphatic carbocycles. The second kappa shape index (κ2) is 3.74. The lowest BCUT2D eigenvalue weighted by Gasteiger charge is -2.37. The van der Waals surface area contributed by atoms with Crippen LogP contribution in [-0.4, -0.2) is 11.2 Å². The Morgan fingerprint density at radius 2 is 2.06 bits per heavy atom. The summed E-state index contributed by atoms with van der Waals surface area (Å²) in [5.74, 6) is 0.138. The zero-order valence-corrected chi connectivity index (χ0v) is 9.83. The summed E-state index contributed by atoms with van der Waals surface area (Å²) in [5, 5.41) is 9.98. The first-order valence-electron chi connectivity index (χ1n) is 5.52. The molecule has 0 bridgehead atoms. The van der Waals surface area contributed by atoms with Gasteiger partial charge in [0.2, 0.25) is 0 Å². The normalized spacial score (nSPS) is 24.8. The van der Waals surface area contributed by atoms with Crippen LogP contribution in [0.15, 0.2) is 18.2 Å². The molecule has 1 aliphatic heterocycles. The molecule has 0 saturated heterocycles. The molecule has 2 nitrogen and oxygen atoms in total. The lowest BCUT2D eigenvalue weighted by atomic mass is 9.83. The number of hydrogen-bond donors (Lipinski definition) is 1. The predicted octanol–water partition coefficient (Wildman–Crippen LogP) is 3.06. The van der Waals surface area contributed by atoms with Gasteiger partial charge in [0.25, 0.3) is 0 Å². The lowest BCUT2D eigenvalue weighted by molar-refractivity contribution is 0.00773. The van der Waals surface area contributed by atoms with Crippen molar-refractivity contribution in [3.05, 3.63) is 29.6 Å². The number of benzene rings is 1. The third-order valence-electron chi connectivity index (χ3n) is 3.01. The standard InChI is InChI=1S/C13H17FO2/c1-13(2,3)12-7-10(15)9-5-4-8(14)6-11(9)16-12/h4-6,10,12,15H,7H2,1-3H3. The van der Waals surface area contributed by atoms with Gasteiger partial charge in [-0.15, -0.1) is 0 Å². The maximum absolute atomic E-state index is 13.1. The van der Waals surface area contributed by atoms with Gasteiger partial charge in [0.05, 0.1) is 6.10 Å². The SMILES string of the molecule is CC(C)(C)C1CC(O)c2ccc(F)cc2O1. The highest BCUT2D eigenvalue weighted by Crippen LogP contribution is 2.40. The van der Waals surface area contributed by atoms with E-state index in [9.17, 15) is 9.50 Å². The minimum Gasteiger partial charge on any atom is -0.489 e. The maximum Gasteiger partial charge on any atom is 0.128 e. The van der Waals surface area contributed by atoms with Gasteiger partial charge in [-0.1, -0.05) is 20.8 Å². The van der Waals surface area contributed by atoms with Crippen molar-refractivity contribution < 1.29 is 14.2 Å². The monoisotopic (exact) mass is 224 g/mol. The van der Waals surface area contributed by atoms with Gasteiger partial charge >= 0.3 is 0 Å². The second-order valence-electron chi connectivity index (χ2n) is 5.41. The van der Waals surface area contributed by atoms with Gasteiger partial charge in [-0.25, -0.2) is 4.39 Å². The Bertz CT molecular complexity index is 395. The van der Waals surface area contributed by atoms with Crippen molar-refractivity contribution in [3.8, 4) is 5.75 Å². The first kappa shape index (κ1) is 11.4. The third kappa shape index (κ3) is 2.05. The number of aliphatic hydroxyl groups excluding tert-OH is 1. The Balaban J connectivity index is 2.35. The summed E-state index contributed by atoms with van der Waals surface area (Å²) in [6.07, 6.45) is -0.0901. The van der Waals surface area contributed by atoms with E-state index in [4.69, 9.17) is 4.74 Å². The average Bonchev–Trinajstić information content (AvgIpc) is 2.15. The summed E-state index contributed by atoms with van der Waals surface area (Å²) in [6.45, 7) is 6.15. The molecule has 1 aromatic rings. The van der Waals surface area contributed by atoms with Crippen LogP contribution in [0.25, 0.3) is 0 Å². The van der Waals surface area contributed by atoms with E-state index in [-0.39, 0.29) is 17.3 Å². The second-order valence-corrected chi connectivity index (χ2v) is 5.41. The molecule has 0 radical (unpaired) electrons. The van der Waals surface area contributed by atoms with Gasteiger partial charge in [-0.2, -0.15) is 0 Å². The van der Waals surface area contributed by atoms with Crippen molar-refractivity contribution in [2.75, 3.05) is 0 Å². The molecule has 2 atom stereocenters. The van der Waals surface area contributed by atoms with Gasteiger partial charge in [-0.05, 0) is 17.5 Å². The summed E-state index contributed by atoms with van der Waals surface area (Å²) >= 11 is 0. The van der Waals surface area contributed by atoms with Gasteiger partial charge in [0.1, 0.15) is 17.7 Å². The highest BCUT2D eigenvalue weighted by Gasteiger charge is 2.34. The van der Waals surface area contributed by atoms with Crippen molar-refractivity contribution in [1.82, 2.24) is 0 Å². The molecule has 1 aliphatic rings. The summed E-state index contributed by atoms with van der Waals surface area (Å²) in [6, 6.07) is 4.29. The number of halogens is 1. The van der Waals surface area contributed by atoms with Crippen LogP contribution in [0.4, 0.5) is 4.39 Å². The summed E-state index contributed by atoms with van der Waals surface area (Å²) < 4.78 is 18.8. The third-order valence-corrected chi connectivity index (χ3v) is 3.01. The van der Waals surface area contributed by atoms with Crippen LogP contribution >= 0.6 is 0 Å². The minimum atomic E-state index is -0.562. The molecule has 0 saturated carbocycles. The van der Waals surface area contributed by atoms with Crippen molar-refractivity contribution in [2.24, 2.45) is 5.41 Å². The molecule has 2 unspecified atom stereocenters. The Morgan fingerprint density at radius 1 is 1.38 bits per heavy atom. The first-order chi connectivity index (χ1) is 7.38. The Morgan fingerprint density at radius 3 is 2.69 bits per heavy atom. The molecule has 1 heterocycles. The molecular weight excluding hydrogens is 207 g/mol. The fourth-order valence-electron chi connectivity index (χ4n) is 1.95. The highest BCUT2D eigenvalue weighted by molar-refractivity contribution is 5.37. The van der Waals surface area contributed by atoms with Crippen molar-refractivity contribution >= 4 is 0 Å². The molecular formula is C13H17FO2. The van der Waals surface area contributed by atoms with E-state index in [1.54, 1.807) is 6.07 Å². The molecule has 0 aromatic heterocycles. The van der Waals surface area contributed by atoms with Gasteiger partial charge in [0.15, 0.2) is 0 Å². The van der Waals surface area contributed by atoms with E-state index in [2.05, 4.69) is 20.8 Å². The predicted molar refractivity (Wildman–Crippen MR) is 59.8 cm³/mol. The van der Waals surface area contributed by atoms with Crippen molar-refractivity contribution in [2.45, 2.75) is 39.4 Å². The lowest BCUT2D eigenvalue weighted by Crippen LogP contribution is -2.36. The molecule has 16 heavy (non-hydrogen) atoms. The van der Waals surface area contributed by atoms with Crippen molar-refractivity contribution in [1.29, 1.82) is 0 Å². The van der Waals surface area contributed by atoms with Crippen LogP contribution in [0.3, 0.4) is 0 Å². The first-order valence-corrected chi connectivity index (χ1v) is 5.52. The van der Waals surface area contributed by atoms with E-state index in [0.29, 0.717) is 17.7 Å². The fourth-order valence-corrected chi connectivity index (χ4v) is 1.95. The number of rotatable bonds is 0. The van der Waals surface area contributed by atoms with Crippen LogP contribution in [0.1, 0.15) is 38.9 Å². The zero-order valence-electron chi connectivity index (χ0n) is 9.83. The van der Waals surface area contributed by atoms with Crippen LogP contribution in [0.5, 0.6) is 5.75 Å². The van der Waals surface area contributed by atoms with Crippen LogP contribution in [0, 0.1) is 11.2 Å². The Kier molecular flexibility index (Phi) is 2.66. The molecule has 3 heteroatoms. The van der Waals surface area contributed by atoms with Crippen molar-refractivity contribution in [3.63, 3.8) is 0 Å². The summed E-state index contributed by atoms with van der Waals surface area (Å²) in [5.41, 5.74) is 0.618. The van der Waals surface area contributed by atoms with Crippen LogP contribution in [-0.2, 0) is 0 Å². The minimum absolute atomic E-state index is 0.0645. The Hall–Kier alpha value is -1.09. The quantitative estimate of drug-likeness (QED) is 0.734. The summed E-state index contributed by atoms with van der Waals surface area (Å²) in [7, 11) is 0. The average molecular weight is 224 g/mol. The topological polar surface area (TPSA) is 29.5 Å². The molecule has 1 N–H and O–H groups in total. The molecule has 2 rings (SSSR count). The highest BCUT2D eigenvalue weighted by atomic mass is 19.1. The van der Waals surface area contributed by atoms with Gasteiger partial charge < -0.3 is 9.84 Å². The largest absolute Gasteiger partial charge is 0.489 e.